The van der Waals surface area contributed by atoms with Gasteiger partial charge in [-0.2, -0.15) is 0 Å². The molecule has 0 radical (unpaired) electrons. The van der Waals surface area contributed by atoms with Gasteiger partial charge in [-0.3, -0.25) is 4.90 Å². The molecule has 0 bridgehead atoms. The van der Waals surface area contributed by atoms with Gasteiger partial charge < -0.3 is 9.73 Å². The predicted octanol–water partition coefficient (Wildman–Crippen LogP) is 2.49. The molecule has 1 aromatic heterocycles. The Morgan fingerprint density at radius 1 is 1.47 bits per heavy atom. The topological polar surface area (TPSA) is 28.4 Å². The highest BCUT2D eigenvalue weighted by Gasteiger charge is 2.23. The zero-order chi connectivity index (χ0) is 12.3. The Kier molecular flexibility index (Phi) is 4.24. The van der Waals surface area contributed by atoms with Gasteiger partial charge in [0.25, 0.3) is 0 Å². The third-order valence-electron chi connectivity index (χ3n) is 3.84. The monoisotopic (exact) mass is 236 g/mol. The Hall–Kier alpha value is -0.800. The molecule has 3 nitrogen and oxygen atoms in total. The third-order valence-corrected chi connectivity index (χ3v) is 3.84. The highest BCUT2D eigenvalue weighted by atomic mass is 16.3. The van der Waals surface area contributed by atoms with Crippen molar-refractivity contribution in [3.8, 4) is 0 Å². The molecule has 1 aromatic rings. The van der Waals surface area contributed by atoms with Crippen molar-refractivity contribution in [3.05, 3.63) is 24.2 Å². The van der Waals surface area contributed by atoms with E-state index in [0.717, 1.165) is 19.1 Å². The van der Waals surface area contributed by atoms with Gasteiger partial charge in [0.1, 0.15) is 0 Å². The first-order chi connectivity index (χ1) is 8.16. The molecule has 0 aromatic carbocycles. The highest BCUT2D eigenvalue weighted by molar-refractivity contribution is 5.05. The molecule has 1 aliphatic carbocycles. The van der Waals surface area contributed by atoms with E-state index in [0.29, 0.717) is 12.0 Å². The molecule has 1 heterocycles. The fourth-order valence-corrected chi connectivity index (χ4v) is 2.06. The number of furan rings is 1. The van der Waals surface area contributed by atoms with E-state index in [2.05, 4.69) is 31.1 Å². The standard InChI is InChI=1S/C14H24N2O/c1-11(8-15-14-4-5-14)12(2)16(3)9-13-6-7-17-10-13/h6-7,10-12,14-15H,4-5,8-9H2,1-3H3. The number of hydrogen-bond donors (Lipinski definition) is 1. The zero-order valence-corrected chi connectivity index (χ0v) is 11.1. The summed E-state index contributed by atoms with van der Waals surface area (Å²) in [6, 6.07) is 3.43. The summed E-state index contributed by atoms with van der Waals surface area (Å²) in [6.45, 7) is 6.72. The molecule has 2 atom stereocenters. The van der Waals surface area contributed by atoms with Gasteiger partial charge >= 0.3 is 0 Å². The predicted molar refractivity (Wildman–Crippen MR) is 69.8 cm³/mol. The number of nitrogens with one attached hydrogen (secondary N) is 1. The molecule has 0 aliphatic heterocycles. The smallest absolute Gasteiger partial charge is 0.0947 e. The molecule has 0 spiro atoms. The lowest BCUT2D eigenvalue weighted by molar-refractivity contribution is 0.188. The Labute approximate surface area is 104 Å². The van der Waals surface area contributed by atoms with Gasteiger partial charge in [0.05, 0.1) is 12.5 Å². The van der Waals surface area contributed by atoms with Crippen molar-refractivity contribution >= 4 is 0 Å². The average Bonchev–Trinajstić information content (AvgIpc) is 3.02. The molecule has 2 rings (SSSR count). The fourth-order valence-electron chi connectivity index (χ4n) is 2.06. The Balaban J connectivity index is 1.74. The lowest BCUT2D eigenvalue weighted by Gasteiger charge is -2.29. The van der Waals surface area contributed by atoms with E-state index in [1.165, 1.54) is 18.4 Å². The van der Waals surface area contributed by atoms with Crippen LogP contribution >= 0.6 is 0 Å². The van der Waals surface area contributed by atoms with Gasteiger partial charge in [-0.1, -0.05) is 6.92 Å². The van der Waals surface area contributed by atoms with Crippen LogP contribution in [0.5, 0.6) is 0 Å². The summed E-state index contributed by atoms with van der Waals surface area (Å²) in [7, 11) is 2.19. The SMILES string of the molecule is CC(CNC1CC1)C(C)N(C)Cc1ccoc1. The molecule has 17 heavy (non-hydrogen) atoms. The maximum atomic E-state index is 5.10. The van der Waals surface area contributed by atoms with Gasteiger partial charge in [0.2, 0.25) is 0 Å². The van der Waals surface area contributed by atoms with E-state index < -0.39 is 0 Å². The molecule has 1 fully saturated rings. The average molecular weight is 236 g/mol. The van der Waals surface area contributed by atoms with Gasteiger partial charge in [0, 0.05) is 24.2 Å². The minimum Gasteiger partial charge on any atom is -0.472 e. The molecule has 3 heteroatoms. The summed E-state index contributed by atoms with van der Waals surface area (Å²) in [6.07, 6.45) is 6.31. The van der Waals surface area contributed by atoms with Crippen molar-refractivity contribution < 1.29 is 4.42 Å². The molecular weight excluding hydrogens is 212 g/mol. The van der Waals surface area contributed by atoms with Crippen LogP contribution in [-0.4, -0.2) is 30.6 Å². The van der Waals surface area contributed by atoms with Crippen LogP contribution in [0.25, 0.3) is 0 Å². The third kappa shape index (κ3) is 3.86. The molecule has 1 N–H and O–H groups in total. The first-order valence-electron chi connectivity index (χ1n) is 6.61. The van der Waals surface area contributed by atoms with E-state index in [9.17, 15) is 0 Å². The molecule has 1 saturated carbocycles. The molecular formula is C14H24N2O. The number of hydrogen-bond acceptors (Lipinski definition) is 3. The largest absolute Gasteiger partial charge is 0.472 e. The molecule has 0 amide bonds. The van der Waals surface area contributed by atoms with Crippen LogP contribution in [0.4, 0.5) is 0 Å². The highest BCUT2D eigenvalue weighted by Crippen LogP contribution is 2.20. The van der Waals surface area contributed by atoms with Gasteiger partial charge in [0.15, 0.2) is 0 Å². The van der Waals surface area contributed by atoms with Crippen molar-refractivity contribution in [2.75, 3.05) is 13.6 Å². The van der Waals surface area contributed by atoms with E-state index in [1.54, 1.807) is 6.26 Å². The second-order valence-electron chi connectivity index (χ2n) is 5.45. The second-order valence-corrected chi connectivity index (χ2v) is 5.45. The Morgan fingerprint density at radius 3 is 2.82 bits per heavy atom. The summed E-state index contributed by atoms with van der Waals surface area (Å²) in [5.41, 5.74) is 1.25. The lowest BCUT2D eigenvalue weighted by Crippen LogP contribution is -2.39. The summed E-state index contributed by atoms with van der Waals surface area (Å²) >= 11 is 0. The van der Waals surface area contributed by atoms with Crippen molar-refractivity contribution in [1.29, 1.82) is 0 Å². The van der Waals surface area contributed by atoms with Crippen LogP contribution in [0.1, 0.15) is 32.3 Å². The van der Waals surface area contributed by atoms with Gasteiger partial charge in [-0.05, 0) is 45.3 Å². The van der Waals surface area contributed by atoms with Crippen molar-refractivity contribution in [2.45, 2.75) is 45.3 Å². The summed E-state index contributed by atoms with van der Waals surface area (Å²) in [5, 5.41) is 3.61. The summed E-state index contributed by atoms with van der Waals surface area (Å²) < 4.78 is 5.10. The van der Waals surface area contributed by atoms with Crippen LogP contribution in [0.3, 0.4) is 0 Å². The summed E-state index contributed by atoms with van der Waals surface area (Å²) in [4.78, 5) is 2.39. The van der Waals surface area contributed by atoms with Crippen LogP contribution in [-0.2, 0) is 6.54 Å². The van der Waals surface area contributed by atoms with Crippen molar-refractivity contribution in [2.24, 2.45) is 5.92 Å². The van der Waals surface area contributed by atoms with Crippen molar-refractivity contribution in [3.63, 3.8) is 0 Å². The molecule has 0 saturated heterocycles. The van der Waals surface area contributed by atoms with E-state index in [4.69, 9.17) is 4.42 Å². The van der Waals surface area contributed by atoms with Crippen LogP contribution in [0.2, 0.25) is 0 Å². The normalized spacial score (nSPS) is 19.5. The number of nitrogens with zero attached hydrogens (tertiary/aromatic N) is 1. The van der Waals surface area contributed by atoms with Gasteiger partial charge in [-0.25, -0.2) is 0 Å². The lowest BCUT2D eigenvalue weighted by atomic mass is 10.0. The Bertz CT molecular complexity index is 319. The van der Waals surface area contributed by atoms with Crippen LogP contribution < -0.4 is 5.32 Å². The number of rotatable bonds is 7. The fraction of sp³-hybridized carbons (Fsp3) is 0.714. The molecule has 2 unspecified atom stereocenters. The minimum atomic E-state index is 0.580. The van der Waals surface area contributed by atoms with Gasteiger partial charge in [-0.15, -0.1) is 0 Å². The zero-order valence-electron chi connectivity index (χ0n) is 11.1. The van der Waals surface area contributed by atoms with Crippen molar-refractivity contribution in [1.82, 2.24) is 10.2 Å². The quantitative estimate of drug-likeness (QED) is 0.788. The van der Waals surface area contributed by atoms with Crippen LogP contribution in [0.15, 0.2) is 23.0 Å². The summed E-state index contributed by atoms with van der Waals surface area (Å²) in [5.74, 6) is 0.674. The first-order valence-corrected chi connectivity index (χ1v) is 6.61. The second kappa shape index (κ2) is 5.69. The first kappa shape index (κ1) is 12.7. The van der Waals surface area contributed by atoms with E-state index >= 15 is 0 Å². The van der Waals surface area contributed by atoms with Crippen LogP contribution in [0, 0.1) is 5.92 Å². The molecule has 1 aliphatic rings. The minimum absolute atomic E-state index is 0.580. The molecule has 96 valence electrons. The van der Waals surface area contributed by atoms with E-state index in [1.807, 2.05) is 12.3 Å². The Morgan fingerprint density at radius 2 is 2.24 bits per heavy atom. The van der Waals surface area contributed by atoms with E-state index in [-0.39, 0.29) is 0 Å². The maximum Gasteiger partial charge on any atom is 0.0947 e. The maximum absolute atomic E-state index is 5.10.